The van der Waals surface area contributed by atoms with E-state index in [2.05, 4.69) is 40.9 Å². The van der Waals surface area contributed by atoms with Gasteiger partial charge < -0.3 is 4.74 Å². The van der Waals surface area contributed by atoms with Gasteiger partial charge in [0.15, 0.2) is 0 Å². The summed E-state index contributed by atoms with van der Waals surface area (Å²) in [6, 6.07) is 0. The molecule has 0 rings (SSSR count). The van der Waals surface area contributed by atoms with E-state index in [1.54, 1.807) is 0 Å². The molecule has 0 aliphatic heterocycles. The van der Waals surface area contributed by atoms with Crippen molar-refractivity contribution in [1.82, 2.24) is 0 Å². The second kappa shape index (κ2) is 7.70. The zero-order chi connectivity index (χ0) is 11.8. The molecule has 2 atom stereocenters. The molecule has 0 aromatic heterocycles. The number of rotatable bonds is 8. The van der Waals surface area contributed by atoms with Crippen LogP contribution in [0.4, 0.5) is 0 Å². The monoisotopic (exact) mass is 210 g/mol. The third-order valence-electron chi connectivity index (χ3n) is 2.63. The Morgan fingerprint density at radius 3 is 1.40 bits per heavy atom. The maximum Gasteiger partial charge on any atom is 0.0636 e. The van der Waals surface area contributed by atoms with Gasteiger partial charge in [0, 0.05) is 0 Å². The molecule has 0 aliphatic carbocycles. The SMILES string of the molecule is C=CCC(OC(CC=C)C(C)C)C(C)C. The van der Waals surface area contributed by atoms with E-state index in [9.17, 15) is 0 Å². The van der Waals surface area contributed by atoms with Gasteiger partial charge in [-0.05, 0) is 24.7 Å². The van der Waals surface area contributed by atoms with Crippen LogP contribution in [0.1, 0.15) is 40.5 Å². The van der Waals surface area contributed by atoms with Crippen molar-refractivity contribution >= 4 is 0 Å². The maximum atomic E-state index is 6.11. The summed E-state index contributed by atoms with van der Waals surface area (Å²) >= 11 is 0. The van der Waals surface area contributed by atoms with Crippen molar-refractivity contribution in [3.8, 4) is 0 Å². The van der Waals surface area contributed by atoms with Crippen LogP contribution in [0, 0.1) is 11.8 Å². The highest BCUT2D eigenvalue weighted by atomic mass is 16.5. The van der Waals surface area contributed by atoms with E-state index in [0.29, 0.717) is 11.8 Å². The second-order valence-electron chi connectivity index (χ2n) is 4.75. The van der Waals surface area contributed by atoms with Gasteiger partial charge in [0.05, 0.1) is 12.2 Å². The molecule has 0 bridgehead atoms. The average Bonchev–Trinajstić information content (AvgIpc) is 2.15. The molecule has 0 N–H and O–H groups in total. The van der Waals surface area contributed by atoms with Gasteiger partial charge in [0.1, 0.15) is 0 Å². The predicted octanol–water partition coefficient (Wildman–Crippen LogP) is 4.20. The molecule has 0 saturated carbocycles. The van der Waals surface area contributed by atoms with Gasteiger partial charge in [-0.2, -0.15) is 0 Å². The minimum Gasteiger partial charge on any atom is -0.374 e. The van der Waals surface area contributed by atoms with Crippen molar-refractivity contribution in [1.29, 1.82) is 0 Å². The van der Waals surface area contributed by atoms with E-state index in [1.807, 2.05) is 12.2 Å². The Balaban J connectivity index is 4.31. The van der Waals surface area contributed by atoms with Crippen LogP contribution in [0.25, 0.3) is 0 Å². The van der Waals surface area contributed by atoms with E-state index < -0.39 is 0 Å². The molecule has 0 amide bonds. The molecular weight excluding hydrogens is 184 g/mol. The van der Waals surface area contributed by atoms with Gasteiger partial charge in [-0.1, -0.05) is 39.8 Å². The zero-order valence-electron chi connectivity index (χ0n) is 10.7. The molecule has 0 aliphatic rings. The maximum absolute atomic E-state index is 6.11. The van der Waals surface area contributed by atoms with Gasteiger partial charge in [0.25, 0.3) is 0 Å². The lowest BCUT2D eigenvalue weighted by Crippen LogP contribution is -2.29. The van der Waals surface area contributed by atoms with Crippen LogP contribution >= 0.6 is 0 Å². The molecule has 88 valence electrons. The third kappa shape index (κ3) is 5.78. The summed E-state index contributed by atoms with van der Waals surface area (Å²) in [6.45, 7) is 16.3. The van der Waals surface area contributed by atoms with Gasteiger partial charge in [-0.25, -0.2) is 0 Å². The van der Waals surface area contributed by atoms with Crippen LogP contribution < -0.4 is 0 Å². The van der Waals surface area contributed by atoms with Crippen molar-refractivity contribution in [2.24, 2.45) is 11.8 Å². The molecule has 0 spiro atoms. The van der Waals surface area contributed by atoms with E-state index in [4.69, 9.17) is 4.74 Å². The molecule has 0 radical (unpaired) electrons. The Hall–Kier alpha value is -0.560. The van der Waals surface area contributed by atoms with Crippen LogP contribution in [0.15, 0.2) is 25.3 Å². The van der Waals surface area contributed by atoms with Crippen molar-refractivity contribution in [2.45, 2.75) is 52.7 Å². The Bertz CT molecular complexity index is 162. The summed E-state index contributed by atoms with van der Waals surface area (Å²) in [5, 5.41) is 0. The van der Waals surface area contributed by atoms with Crippen LogP contribution in [0.2, 0.25) is 0 Å². The fourth-order valence-electron chi connectivity index (χ4n) is 1.52. The smallest absolute Gasteiger partial charge is 0.0636 e. The first kappa shape index (κ1) is 14.4. The first-order valence-electron chi connectivity index (χ1n) is 5.90. The van der Waals surface area contributed by atoms with Crippen molar-refractivity contribution < 1.29 is 4.74 Å². The lowest BCUT2D eigenvalue weighted by Gasteiger charge is -2.28. The van der Waals surface area contributed by atoms with Gasteiger partial charge >= 0.3 is 0 Å². The quantitative estimate of drug-likeness (QED) is 0.545. The van der Waals surface area contributed by atoms with Crippen LogP contribution in [-0.4, -0.2) is 12.2 Å². The normalized spacial score (nSPS) is 15.3. The van der Waals surface area contributed by atoms with Crippen molar-refractivity contribution in [3.05, 3.63) is 25.3 Å². The second-order valence-corrected chi connectivity index (χ2v) is 4.75. The summed E-state index contributed by atoms with van der Waals surface area (Å²) in [4.78, 5) is 0. The van der Waals surface area contributed by atoms with E-state index >= 15 is 0 Å². The molecular formula is C14H26O. The Labute approximate surface area is 95.2 Å². The largest absolute Gasteiger partial charge is 0.374 e. The summed E-state index contributed by atoms with van der Waals surface area (Å²) in [7, 11) is 0. The van der Waals surface area contributed by atoms with Gasteiger partial charge in [0.2, 0.25) is 0 Å². The lowest BCUT2D eigenvalue weighted by molar-refractivity contribution is -0.0527. The first-order chi connectivity index (χ1) is 7.02. The molecule has 1 heteroatoms. The Kier molecular flexibility index (Phi) is 7.41. The van der Waals surface area contributed by atoms with Gasteiger partial charge in [-0.3, -0.25) is 0 Å². The standard InChI is InChI=1S/C14H26O/c1-7-9-13(11(3)4)15-14(10-8-2)12(5)6/h7-8,11-14H,1-2,9-10H2,3-6H3. The highest BCUT2D eigenvalue weighted by Gasteiger charge is 2.20. The number of hydrogen-bond acceptors (Lipinski definition) is 1. The molecule has 15 heavy (non-hydrogen) atoms. The zero-order valence-corrected chi connectivity index (χ0v) is 10.7. The minimum atomic E-state index is 0.287. The molecule has 0 aromatic carbocycles. The molecule has 0 fully saturated rings. The van der Waals surface area contributed by atoms with E-state index in [1.165, 1.54) is 0 Å². The summed E-state index contributed by atoms with van der Waals surface area (Å²) in [5.74, 6) is 1.07. The van der Waals surface area contributed by atoms with Crippen LogP contribution in [-0.2, 0) is 4.74 Å². The van der Waals surface area contributed by atoms with E-state index in [-0.39, 0.29) is 12.2 Å². The number of ether oxygens (including phenoxy) is 1. The average molecular weight is 210 g/mol. The molecule has 0 aromatic rings. The summed E-state index contributed by atoms with van der Waals surface area (Å²) in [5.41, 5.74) is 0. The van der Waals surface area contributed by atoms with Gasteiger partial charge in [-0.15, -0.1) is 13.2 Å². The first-order valence-corrected chi connectivity index (χ1v) is 5.90. The fraction of sp³-hybridized carbons (Fsp3) is 0.714. The highest BCUT2D eigenvalue weighted by molar-refractivity contribution is 4.80. The van der Waals surface area contributed by atoms with E-state index in [0.717, 1.165) is 12.8 Å². The Morgan fingerprint density at radius 1 is 0.867 bits per heavy atom. The predicted molar refractivity (Wildman–Crippen MR) is 68.0 cm³/mol. The van der Waals surface area contributed by atoms with Crippen LogP contribution in [0.5, 0.6) is 0 Å². The molecule has 2 unspecified atom stereocenters. The molecule has 0 heterocycles. The summed E-state index contributed by atoms with van der Waals surface area (Å²) < 4.78 is 6.11. The van der Waals surface area contributed by atoms with Crippen molar-refractivity contribution in [3.63, 3.8) is 0 Å². The summed E-state index contributed by atoms with van der Waals surface area (Å²) in [6.07, 6.45) is 6.31. The third-order valence-corrected chi connectivity index (χ3v) is 2.63. The molecule has 1 nitrogen and oxygen atoms in total. The fourth-order valence-corrected chi connectivity index (χ4v) is 1.52. The van der Waals surface area contributed by atoms with Crippen molar-refractivity contribution in [2.75, 3.05) is 0 Å². The minimum absolute atomic E-state index is 0.287. The highest BCUT2D eigenvalue weighted by Crippen LogP contribution is 2.19. The topological polar surface area (TPSA) is 9.23 Å². The number of hydrogen-bond donors (Lipinski definition) is 0. The Morgan fingerprint density at radius 2 is 1.20 bits per heavy atom. The lowest BCUT2D eigenvalue weighted by atomic mass is 10.0. The molecule has 0 saturated heterocycles. The van der Waals surface area contributed by atoms with Crippen LogP contribution in [0.3, 0.4) is 0 Å².